The number of carbonyl (C=O) groups is 1. The lowest BCUT2D eigenvalue weighted by Crippen LogP contribution is -2.41. The van der Waals surface area contributed by atoms with Gasteiger partial charge in [-0.05, 0) is 80.1 Å². The van der Waals surface area contributed by atoms with E-state index in [9.17, 15) is 22.0 Å². The van der Waals surface area contributed by atoms with E-state index in [2.05, 4.69) is 5.32 Å². The lowest BCUT2D eigenvalue weighted by atomic mass is 10.1. The molecule has 1 N–H and O–H groups in total. The maximum atomic E-state index is 13.4. The van der Waals surface area contributed by atoms with Crippen LogP contribution in [0, 0.1) is 11.6 Å². The average molecular weight is 475 g/mol. The van der Waals surface area contributed by atoms with Crippen molar-refractivity contribution in [3.05, 3.63) is 90.0 Å². The molecule has 0 aliphatic carbocycles. The van der Waals surface area contributed by atoms with Crippen molar-refractivity contribution in [2.45, 2.75) is 24.8 Å². The summed E-state index contributed by atoms with van der Waals surface area (Å²) < 4.78 is 59.6. The first-order valence-corrected chi connectivity index (χ1v) is 11.7. The maximum absolute atomic E-state index is 13.4. The molecule has 0 fully saturated rings. The molecule has 0 unspecified atom stereocenters. The molecule has 174 valence electrons. The van der Waals surface area contributed by atoms with Crippen LogP contribution in [0.3, 0.4) is 0 Å². The minimum atomic E-state index is -4.15. The number of hydrogen-bond acceptors (Lipinski definition) is 4. The second-order valence-corrected chi connectivity index (χ2v) is 9.10. The zero-order chi connectivity index (χ0) is 24.0. The van der Waals surface area contributed by atoms with E-state index in [1.165, 1.54) is 60.7 Å². The van der Waals surface area contributed by atoms with E-state index in [4.69, 9.17) is 4.74 Å². The molecule has 0 radical (unpaired) electrons. The first-order chi connectivity index (χ1) is 15.7. The summed E-state index contributed by atoms with van der Waals surface area (Å²) in [5, 5.41) is 2.72. The molecule has 0 bridgehead atoms. The van der Waals surface area contributed by atoms with Crippen LogP contribution in [0.15, 0.2) is 77.7 Å². The Labute approximate surface area is 191 Å². The third-order valence-electron chi connectivity index (χ3n) is 4.87. The third kappa shape index (κ3) is 6.07. The van der Waals surface area contributed by atoms with Crippen molar-refractivity contribution in [1.29, 1.82) is 0 Å². The van der Waals surface area contributed by atoms with E-state index in [1.54, 1.807) is 6.92 Å². The molecule has 9 heteroatoms. The van der Waals surface area contributed by atoms with Gasteiger partial charge in [-0.2, -0.15) is 0 Å². The fourth-order valence-electron chi connectivity index (χ4n) is 3.18. The van der Waals surface area contributed by atoms with Gasteiger partial charge in [0.25, 0.3) is 10.0 Å². The lowest BCUT2D eigenvalue weighted by molar-refractivity contribution is -0.120. The molecule has 1 amide bonds. The lowest BCUT2D eigenvalue weighted by Gasteiger charge is -2.25. The molecule has 3 aromatic rings. The number of nitrogens with one attached hydrogen (secondary N) is 1. The van der Waals surface area contributed by atoms with E-state index in [0.717, 1.165) is 16.4 Å². The Morgan fingerprint density at radius 2 is 1.48 bits per heavy atom. The molecule has 0 aliphatic rings. The Balaban J connectivity index is 1.87. The van der Waals surface area contributed by atoms with Gasteiger partial charge >= 0.3 is 0 Å². The maximum Gasteiger partial charge on any atom is 0.264 e. The van der Waals surface area contributed by atoms with Gasteiger partial charge in [0, 0.05) is 0 Å². The van der Waals surface area contributed by atoms with E-state index in [0.29, 0.717) is 17.9 Å². The highest BCUT2D eigenvalue weighted by atomic mass is 32.2. The minimum Gasteiger partial charge on any atom is -0.494 e. The molecular formula is C24H24F2N2O4S. The highest BCUT2D eigenvalue weighted by Crippen LogP contribution is 2.25. The monoisotopic (exact) mass is 474 g/mol. The molecule has 0 heterocycles. The summed E-state index contributed by atoms with van der Waals surface area (Å²) in [7, 11) is -4.15. The van der Waals surface area contributed by atoms with Crippen molar-refractivity contribution in [3.63, 3.8) is 0 Å². The Hall–Kier alpha value is -3.46. The van der Waals surface area contributed by atoms with Crippen molar-refractivity contribution < 1.29 is 26.7 Å². The molecule has 0 saturated heterocycles. The number of benzene rings is 3. The molecule has 0 saturated carbocycles. The quantitative estimate of drug-likeness (QED) is 0.498. The molecule has 0 aliphatic heterocycles. The average Bonchev–Trinajstić information content (AvgIpc) is 2.79. The van der Waals surface area contributed by atoms with Gasteiger partial charge < -0.3 is 10.1 Å². The van der Waals surface area contributed by atoms with Crippen molar-refractivity contribution >= 4 is 21.6 Å². The Bertz CT molecular complexity index is 1180. The molecule has 0 spiro atoms. The number of halogens is 2. The number of carbonyl (C=O) groups excluding carboxylic acids is 1. The van der Waals surface area contributed by atoms with Crippen molar-refractivity contribution in [1.82, 2.24) is 5.32 Å². The molecule has 3 aromatic carbocycles. The zero-order valence-electron chi connectivity index (χ0n) is 18.2. The van der Waals surface area contributed by atoms with Crippen LogP contribution in [0.1, 0.15) is 25.5 Å². The van der Waals surface area contributed by atoms with Crippen molar-refractivity contribution in [2.24, 2.45) is 0 Å². The summed E-state index contributed by atoms with van der Waals surface area (Å²) in [4.78, 5) is 12.7. The Kier molecular flexibility index (Phi) is 7.65. The summed E-state index contributed by atoms with van der Waals surface area (Å²) in [6.07, 6.45) is 0. The molecule has 3 rings (SSSR count). The number of amides is 1. The van der Waals surface area contributed by atoms with Gasteiger partial charge in [0.05, 0.1) is 23.2 Å². The molecule has 6 nitrogen and oxygen atoms in total. The molecular weight excluding hydrogens is 450 g/mol. The first-order valence-electron chi connectivity index (χ1n) is 10.3. The summed E-state index contributed by atoms with van der Waals surface area (Å²) in [6.45, 7) is 3.41. The fourth-order valence-corrected chi connectivity index (χ4v) is 4.60. The summed E-state index contributed by atoms with van der Waals surface area (Å²) in [5.74, 6) is -1.01. The van der Waals surface area contributed by atoms with Gasteiger partial charge in [0.15, 0.2) is 0 Å². The van der Waals surface area contributed by atoms with Crippen LogP contribution in [0.25, 0.3) is 0 Å². The topological polar surface area (TPSA) is 75.7 Å². The number of rotatable bonds is 9. The predicted molar refractivity (Wildman–Crippen MR) is 122 cm³/mol. The van der Waals surface area contributed by atoms with Crippen LogP contribution in [0.4, 0.5) is 14.5 Å². The standard InChI is InChI=1S/C24H24F2N2O4S/c1-3-32-22-12-14-23(15-13-22)33(30,31)28(21-10-8-20(26)9-11-21)16-24(29)27-17(2)18-4-6-19(25)7-5-18/h4-15,17H,3,16H2,1-2H3,(H,27,29)/t17-/m0/s1. The number of sulfonamides is 1. The van der Waals surface area contributed by atoms with Crippen LogP contribution in [0.5, 0.6) is 5.75 Å². The van der Waals surface area contributed by atoms with Gasteiger partial charge in [0.2, 0.25) is 5.91 Å². The number of ether oxygens (including phenoxy) is 1. The van der Waals surface area contributed by atoms with Crippen LogP contribution in [-0.4, -0.2) is 27.5 Å². The number of hydrogen-bond donors (Lipinski definition) is 1. The number of anilines is 1. The van der Waals surface area contributed by atoms with Gasteiger partial charge in [-0.1, -0.05) is 12.1 Å². The van der Waals surface area contributed by atoms with E-state index >= 15 is 0 Å². The highest BCUT2D eigenvalue weighted by Gasteiger charge is 2.28. The normalized spacial score (nSPS) is 12.1. The second kappa shape index (κ2) is 10.4. The predicted octanol–water partition coefficient (Wildman–Crippen LogP) is 4.44. The molecule has 1 atom stereocenters. The number of nitrogens with zero attached hydrogens (tertiary/aromatic N) is 1. The van der Waals surface area contributed by atoms with E-state index in [1.807, 2.05) is 6.92 Å². The van der Waals surface area contributed by atoms with Gasteiger partial charge in [-0.3, -0.25) is 9.10 Å². The van der Waals surface area contributed by atoms with Gasteiger partial charge in [-0.15, -0.1) is 0 Å². The highest BCUT2D eigenvalue weighted by molar-refractivity contribution is 7.92. The van der Waals surface area contributed by atoms with Crippen molar-refractivity contribution in [3.8, 4) is 5.75 Å². The third-order valence-corrected chi connectivity index (χ3v) is 6.66. The van der Waals surface area contributed by atoms with Gasteiger partial charge in [-0.25, -0.2) is 17.2 Å². The summed E-state index contributed by atoms with van der Waals surface area (Å²) >= 11 is 0. The zero-order valence-corrected chi connectivity index (χ0v) is 19.0. The van der Waals surface area contributed by atoms with Crippen LogP contribution >= 0.6 is 0 Å². The van der Waals surface area contributed by atoms with Gasteiger partial charge in [0.1, 0.15) is 23.9 Å². The molecule has 33 heavy (non-hydrogen) atoms. The SMILES string of the molecule is CCOc1ccc(S(=O)(=O)N(CC(=O)N[C@@H](C)c2ccc(F)cc2)c2ccc(F)cc2)cc1. The van der Waals surface area contributed by atoms with Crippen LogP contribution in [-0.2, 0) is 14.8 Å². The molecule has 0 aromatic heterocycles. The second-order valence-electron chi connectivity index (χ2n) is 7.23. The van der Waals surface area contributed by atoms with E-state index in [-0.39, 0.29) is 10.6 Å². The smallest absolute Gasteiger partial charge is 0.264 e. The largest absolute Gasteiger partial charge is 0.494 e. The fraction of sp³-hybridized carbons (Fsp3) is 0.208. The van der Waals surface area contributed by atoms with Crippen LogP contribution in [0.2, 0.25) is 0 Å². The summed E-state index contributed by atoms with van der Waals surface area (Å²) in [5.41, 5.74) is 0.794. The summed E-state index contributed by atoms with van der Waals surface area (Å²) in [6, 6.07) is 15.8. The minimum absolute atomic E-state index is 0.0466. The Morgan fingerprint density at radius 3 is 2.03 bits per heavy atom. The first kappa shape index (κ1) is 24.2. The van der Waals surface area contributed by atoms with E-state index < -0.39 is 40.2 Å². The van der Waals surface area contributed by atoms with Crippen molar-refractivity contribution in [2.75, 3.05) is 17.5 Å². The Morgan fingerprint density at radius 1 is 0.939 bits per heavy atom. The van der Waals surface area contributed by atoms with Crippen LogP contribution < -0.4 is 14.4 Å².